The molecule has 1 fully saturated rings. The third-order valence-corrected chi connectivity index (χ3v) is 5.21. The van der Waals surface area contributed by atoms with Crippen LogP contribution in [0.4, 0.5) is 0 Å². The van der Waals surface area contributed by atoms with Crippen LogP contribution in [0, 0.1) is 0 Å². The summed E-state index contributed by atoms with van der Waals surface area (Å²) in [7, 11) is 0. The molecule has 2 aromatic carbocycles. The van der Waals surface area contributed by atoms with Crippen LogP contribution in [0.15, 0.2) is 42.5 Å². The molecule has 0 heterocycles. The first-order chi connectivity index (χ1) is 9.93. The van der Waals surface area contributed by atoms with E-state index < -0.39 is 0 Å². The van der Waals surface area contributed by atoms with Crippen LogP contribution < -0.4 is 0 Å². The van der Waals surface area contributed by atoms with Crippen molar-refractivity contribution in [3.63, 3.8) is 0 Å². The molecule has 0 saturated heterocycles. The molecule has 0 bridgehead atoms. The Kier molecular flexibility index (Phi) is 3.10. The fourth-order valence-corrected chi connectivity index (χ4v) is 4.19. The third kappa shape index (κ3) is 1.98. The molecule has 102 valence electrons. The zero-order valence-corrected chi connectivity index (χ0v) is 12.1. The van der Waals surface area contributed by atoms with Crippen LogP contribution in [0.2, 0.25) is 0 Å². The standard InChI is InChI=1S/C20H22/c1-2-7-15(8-3-1)18-11-6-12-19-17-10-5-4-9-16(17)13-14-20(18)19/h4-6,9-12,15H,1-3,7-8,13-14H2. The van der Waals surface area contributed by atoms with Gasteiger partial charge in [0.05, 0.1) is 0 Å². The first-order valence-electron chi connectivity index (χ1n) is 8.13. The molecule has 0 atom stereocenters. The molecule has 0 amide bonds. The second kappa shape index (κ2) is 5.09. The quantitative estimate of drug-likeness (QED) is 0.636. The lowest BCUT2D eigenvalue weighted by atomic mass is 9.76. The summed E-state index contributed by atoms with van der Waals surface area (Å²) in [6.45, 7) is 0. The second-order valence-electron chi connectivity index (χ2n) is 6.37. The van der Waals surface area contributed by atoms with Gasteiger partial charge in [-0.2, -0.15) is 0 Å². The van der Waals surface area contributed by atoms with Crippen molar-refractivity contribution in [2.75, 3.05) is 0 Å². The Morgan fingerprint density at radius 3 is 2.40 bits per heavy atom. The van der Waals surface area contributed by atoms with Crippen LogP contribution in [-0.2, 0) is 12.8 Å². The minimum Gasteiger partial charge on any atom is -0.0620 e. The first kappa shape index (κ1) is 12.2. The zero-order chi connectivity index (χ0) is 13.4. The van der Waals surface area contributed by atoms with Gasteiger partial charge in [-0.05, 0) is 59.4 Å². The highest BCUT2D eigenvalue weighted by Gasteiger charge is 2.23. The molecule has 0 aliphatic heterocycles. The van der Waals surface area contributed by atoms with Gasteiger partial charge < -0.3 is 0 Å². The van der Waals surface area contributed by atoms with Gasteiger partial charge in [0.2, 0.25) is 0 Å². The number of rotatable bonds is 1. The van der Waals surface area contributed by atoms with E-state index in [2.05, 4.69) is 42.5 Å². The van der Waals surface area contributed by atoms with Gasteiger partial charge in [0.1, 0.15) is 0 Å². The van der Waals surface area contributed by atoms with Gasteiger partial charge in [-0.25, -0.2) is 0 Å². The Morgan fingerprint density at radius 1 is 0.700 bits per heavy atom. The molecule has 20 heavy (non-hydrogen) atoms. The number of hydrogen-bond acceptors (Lipinski definition) is 0. The summed E-state index contributed by atoms with van der Waals surface area (Å²) in [5.41, 5.74) is 7.83. The number of aryl methyl sites for hydroxylation is 1. The van der Waals surface area contributed by atoms with Gasteiger partial charge in [0.25, 0.3) is 0 Å². The Hall–Kier alpha value is -1.56. The average molecular weight is 262 g/mol. The normalized spacial score (nSPS) is 18.4. The van der Waals surface area contributed by atoms with Crippen molar-refractivity contribution in [2.24, 2.45) is 0 Å². The summed E-state index contributed by atoms with van der Waals surface area (Å²) >= 11 is 0. The molecule has 2 aliphatic rings. The van der Waals surface area contributed by atoms with Crippen molar-refractivity contribution in [1.29, 1.82) is 0 Å². The molecule has 0 aromatic heterocycles. The molecule has 0 radical (unpaired) electrons. The number of benzene rings is 2. The minimum atomic E-state index is 0.823. The van der Waals surface area contributed by atoms with E-state index in [9.17, 15) is 0 Å². The average Bonchev–Trinajstić information content (AvgIpc) is 2.55. The van der Waals surface area contributed by atoms with E-state index in [-0.39, 0.29) is 0 Å². The largest absolute Gasteiger partial charge is 0.0620 e. The Balaban J connectivity index is 1.81. The topological polar surface area (TPSA) is 0 Å². The van der Waals surface area contributed by atoms with Crippen LogP contribution in [0.1, 0.15) is 54.7 Å². The molecular weight excluding hydrogens is 240 g/mol. The van der Waals surface area contributed by atoms with Gasteiger partial charge in [0, 0.05) is 0 Å². The van der Waals surface area contributed by atoms with Crippen LogP contribution in [0.5, 0.6) is 0 Å². The van der Waals surface area contributed by atoms with Gasteiger partial charge in [-0.1, -0.05) is 61.7 Å². The van der Waals surface area contributed by atoms with Crippen LogP contribution in [0.3, 0.4) is 0 Å². The Labute approximate surface area is 121 Å². The minimum absolute atomic E-state index is 0.823. The maximum Gasteiger partial charge on any atom is -0.0146 e. The summed E-state index contributed by atoms with van der Waals surface area (Å²) in [6.07, 6.45) is 9.53. The van der Waals surface area contributed by atoms with Crippen LogP contribution >= 0.6 is 0 Å². The molecule has 0 nitrogen and oxygen atoms in total. The lowest BCUT2D eigenvalue weighted by Crippen LogP contribution is -2.12. The van der Waals surface area contributed by atoms with Crippen molar-refractivity contribution in [3.8, 4) is 11.1 Å². The smallest absolute Gasteiger partial charge is 0.0146 e. The van der Waals surface area contributed by atoms with Crippen molar-refractivity contribution in [1.82, 2.24) is 0 Å². The first-order valence-corrected chi connectivity index (χ1v) is 8.13. The summed E-state index contributed by atoms with van der Waals surface area (Å²) in [6, 6.07) is 16.0. The van der Waals surface area contributed by atoms with E-state index in [0.717, 1.165) is 5.92 Å². The fraction of sp³-hybridized carbons (Fsp3) is 0.400. The summed E-state index contributed by atoms with van der Waals surface area (Å²) in [5, 5.41) is 0. The second-order valence-corrected chi connectivity index (χ2v) is 6.37. The maximum atomic E-state index is 2.41. The van der Waals surface area contributed by atoms with Gasteiger partial charge >= 0.3 is 0 Å². The number of fused-ring (bicyclic) bond motifs is 3. The van der Waals surface area contributed by atoms with E-state index in [1.54, 1.807) is 11.1 Å². The SMILES string of the molecule is c1ccc2c(c1)CCc1c-2cccc1C1CCCCC1. The molecule has 4 rings (SSSR count). The van der Waals surface area contributed by atoms with E-state index >= 15 is 0 Å². The monoisotopic (exact) mass is 262 g/mol. The van der Waals surface area contributed by atoms with Crippen molar-refractivity contribution in [3.05, 3.63) is 59.2 Å². The zero-order valence-electron chi connectivity index (χ0n) is 12.1. The van der Waals surface area contributed by atoms with Crippen molar-refractivity contribution >= 4 is 0 Å². The third-order valence-electron chi connectivity index (χ3n) is 5.21. The summed E-state index contributed by atoms with van der Waals surface area (Å²) in [4.78, 5) is 0. The van der Waals surface area contributed by atoms with Crippen LogP contribution in [0.25, 0.3) is 11.1 Å². The van der Waals surface area contributed by atoms with Gasteiger partial charge in [-0.3, -0.25) is 0 Å². The lowest BCUT2D eigenvalue weighted by Gasteiger charge is -2.28. The predicted octanol–water partition coefficient (Wildman–Crippen LogP) is 5.50. The van der Waals surface area contributed by atoms with E-state index in [0.29, 0.717) is 0 Å². The molecule has 0 heteroatoms. The van der Waals surface area contributed by atoms with Crippen LogP contribution in [-0.4, -0.2) is 0 Å². The summed E-state index contributed by atoms with van der Waals surface area (Å²) < 4.78 is 0. The highest BCUT2D eigenvalue weighted by molar-refractivity contribution is 5.74. The number of hydrogen-bond donors (Lipinski definition) is 0. The Bertz CT molecular complexity index is 618. The summed E-state index contributed by atoms with van der Waals surface area (Å²) in [5.74, 6) is 0.823. The Morgan fingerprint density at radius 2 is 1.50 bits per heavy atom. The molecular formula is C20H22. The molecule has 1 saturated carbocycles. The molecule has 2 aromatic rings. The van der Waals surface area contributed by atoms with E-state index in [4.69, 9.17) is 0 Å². The van der Waals surface area contributed by atoms with E-state index in [1.165, 1.54) is 61.6 Å². The molecule has 2 aliphatic carbocycles. The molecule has 0 unspecified atom stereocenters. The highest BCUT2D eigenvalue weighted by Crippen LogP contribution is 2.41. The van der Waals surface area contributed by atoms with Crippen molar-refractivity contribution < 1.29 is 0 Å². The maximum absolute atomic E-state index is 2.41. The lowest BCUT2D eigenvalue weighted by molar-refractivity contribution is 0.441. The molecule has 0 N–H and O–H groups in total. The van der Waals surface area contributed by atoms with Crippen molar-refractivity contribution in [2.45, 2.75) is 50.9 Å². The molecule has 0 spiro atoms. The van der Waals surface area contributed by atoms with E-state index in [1.807, 2.05) is 0 Å². The predicted molar refractivity (Wildman–Crippen MR) is 85.1 cm³/mol. The van der Waals surface area contributed by atoms with Gasteiger partial charge in [-0.15, -0.1) is 0 Å². The van der Waals surface area contributed by atoms with Gasteiger partial charge in [0.15, 0.2) is 0 Å². The highest BCUT2D eigenvalue weighted by atomic mass is 14.3. The fourth-order valence-electron chi connectivity index (χ4n) is 4.19.